The van der Waals surface area contributed by atoms with Crippen LogP contribution in [0.2, 0.25) is 0 Å². The van der Waals surface area contributed by atoms with Gasteiger partial charge in [-0.05, 0) is 50.7 Å². The van der Waals surface area contributed by atoms with Gasteiger partial charge in [-0.25, -0.2) is 8.42 Å². The number of amides is 1. The molecule has 0 aromatic heterocycles. The van der Waals surface area contributed by atoms with Crippen LogP contribution in [0.15, 0.2) is 29.2 Å². The fourth-order valence-electron chi connectivity index (χ4n) is 4.10. The van der Waals surface area contributed by atoms with Crippen LogP contribution in [0.1, 0.15) is 36.0 Å². The van der Waals surface area contributed by atoms with E-state index in [9.17, 15) is 13.2 Å². The summed E-state index contributed by atoms with van der Waals surface area (Å²) in [5, 5.41) is 0. The molecule has 1 amide bonds. The molecule has 2 aliphatic rings. The van der Waals surface area contributed by atoms with Gasteiger partial charge in [-0.1, -0.05) is 29.8 Å². The molecular formula is C20H28N2O3S. The largest absolute Gasteiger partial charge is 0.340 e. The number of aryl methyl sites for hydroxylation is 3. The molecule has 3 rings (SSSR count). The molecule has 1 aliphatic heterocycles. The maximum atomic E-state index is 13.1. The monoisotopic (exact) mass is 376 g/mol. The van der Waals surface area contributed by atoms with E-state index >= 15 is 0 Å². The van der Waals surface area contributed by atoms with Gasteiger partial charge in [0, 0.05) is 32.6 Å². The Morgan fingerprint density at radius 2 is 1.69 bits per heavy atom. The van der Waals surface area contributed by atoms with E-state index in [4.69, 9.17) is 0 Å². The highest BCUT2D eigenvalue weighted by Gasteiger charge is 2.32. The molecule has 1 aromatic rings. The van der Waals surface area contributed by atoms with E-state index in [-0.39, 0.29) is 5.91 Å². The van der Waals surface area contributed by atoms with Crippen LogP contribution in [0.3, 0.4) is 0 Å². The number of piperazine rings is 1. The highest BCUT2D eigenvalue weighted by atomic mass is 32.2. The van der Waals surface area contributed by atoms with E-state index < -0.39 is 10.0 Å². The normalized spacial score (nSPS) is 21.3. The maximum Gasteiger partial charge on any atom is 0.243 e. The Kier molecular flexibility index (Phi) is 5.53. The van der Waals surface area contributed by atoms with Crippen molar-refractivity contribution in [2.75, 3.05) is 26.2 Å². The van der Waals surface area contributed by atoms with Gasteiger partial charge in [0.25, 0.3) is 0 Å². The van der Waals surface area contributed by atoms with Crippen molar-refractivity contribution in [2.45, 2.75) is 44.9 Å². The number of sulfonamides is 1. The third-order valence-corrected chi connectivity index (χ3v) is 7.55. The van der Waals surface area contributed by atoms with Gasteiger partial charge < -0.3 is 4.90 Å². The number of hydrogen-bond acceptors (Lipinski definition) is 3. The molecule has 1 heterocycles. The molecule has 0 radical (unpaired) electrons. The van der Waals surface area contributed by atoms with E-state index in [0.29, 0.717) is 43.4 Å². The molecule has 5 nitrogen and oxygen atoms in total. The predicted octanol–water partition coefficient (Wildman–Crippen LogP) is 2.80. The highest BCUT2D eigenvalue weighted by Crippen LogP contribution is 2.27. The van der Waals surface area contributed by atoms with Crippen molar-refractivity contribution >= 4 is 15.9 Å². The molecule has 0 saturated carbocycles. The second-order valence-corrected chi connectivity index (χ2v) is 9.36. The Balaban J connectivity index is 1.67. The van der Waals surface area contributed by atoms with Crippen molar-refractivity contribution in [1.29, 1.82) is 0 Å². The lowest BCUT2D eigenvalue weighted by Crippen LogP contribution is -2.50. The van der Waals surface area contributed by atoms with Crippen molar-refractivity contribution in [3.8, 4) is 0 Å². The van der Waals surface area contributed by atoms with Crippen LogP contribution in [0.5, 0.6) is 0 Å². The van der Waals surface area contributed by atoms with Gasteiger partial charge in [0.05, 0.1) is 4.90 Å². The van der Waals surface area contributed by atoms with E-state index in [2.05, 4.69) is 12.2 Å². The van der Waals surface area contributed by atoms with Crippen LogP contribution >= 0.6 is 0 Å². The number of allylic oxidation sites excluding steroid dienone is 2. The lowest BCUT2D eigenvalue weighted by molar-refractivity contribution is -0.133. The lowest BCUT2D eigenvalue weighted by Gasteiger charge is -2.35. The third-order valence-electron chi connectivity index (χ3n) is 5.34. The highest BCUT2D eigenvalue weighted by molar-refractivity contribution is 7.89. The van der Waals surface area contributed by atoms with E-state index in [1.54, 1.807) is 0 Å². The third kappa shape index (κ3) is 3.86. The number of hydrogen-bond donors (Lipinski definition) is 0. The molecule has 0 spiro atoms. The number of carbonyl (C=O) groups is 1. The Morgan fingerprint density at radius 1 is 1.08 bits per heavy atom. The molecule has 0 bridgehead atoms. The molecule has 0 N–H and O–H groups in total. The summed E-state index contributed by atoms with van der Waals surface area (Å²) in [6.45, 7) is 7.34. The van der Waals surface area contributed by atoms with Crippen LogP contribution in [0, 0.1) is 26.7 Å². The molecular weight excluding hydrogens is 348 g/mol. The summed E-state index contributed by atoms with van der Waals surface area (Å²) in [6, 6.07) is 3.82. The standard InChI is InChI=1S/C20H28N2O3S/c1-15-12-16(2)20(17(3)13-15)26(24,25)22-10-8-21(9-11-22)19(23)14-18-6-4-5-7-18/h4,6,12-13,18H,5,7-11,14H2,1-3H3/t18-/m0/s1. The Hall–Kier alpha value is -1.66. The molecule has 1 saturated heterocycles. The second kappa shape index (κ2) is 7.53. The van der Waals surface area contributed by atoms with Crippen molar-refractivity contribution in [1.82, 2.24) is 9.21 Å². The van der Waals surface area contributed by atoms with Crippen LogP contribution < -0.4 is 0 Å². The first-order valence-corrected chi connectivity index (χ1v) is 10.8. The van der Waals surface area contributed by atoms with Crippen molar-refractivity contribution < 1.29 is 13.2 Å². The number of carbonyl (C=O) groups excluding carboxylic acids is 1. The van der Waals surface area contributed by atoms with Crippen molar-refractivity contribution in [3.05, 3.63) is 41.0 Å². The van der Waals surface area contributed by atoms with Gasteiger partial charge in [-0.15, -0.1) is 0 Å². The van der Waals surface area contributed by atoms with Crippen molar-refractivity contribution in [2.24, 2.45) is 5.92 Å². The summed E-state index contributed by atoms with van der Waals surface area (Å²) < 4.78 is 27.7. The van der Waals surface area contributed by atoms with Gasteiger partial charge in [-0.3, -0.25) is 4.79 Å². The van der Waals surface area contributed by atoms with Gasteiger partial charge in [0.1, 0.15) is 0 Å². The molecule has 142 valence electrons. The minimum absolute atomic E-state index is 0.140. The molecule has 1 aromatic carbocycles. The molecule has 1 aliphatic carbocycles. The summed E-state index contributed by atoms with van der Waals surface area (Å²) in [7, 11) is -3.53. The van der Waals surface area contributed by atoms with Crippen LogP contribution in [0.25, 0.3) is 0 Å². The lowest BCUT2D eigenvalue weighted by atomic mass is 10.0. The zero-order valence-corrected chi connectivity index (χ0v) is 16.7. The Labute approximate surface area is 156 Å². The molecule has 0 unspecified atom stereocenters. The number of nitrogens with zero attached hydrogens (tertiary/aromatic N) is 2. The van der Waals surface area contributed by atoms with E-state index in [1.807, 2.05) is 37.8 Å². The number of rotatable bonds is 4. The van der Waals surface area contributed by atoms with E-state index in [0.717, 1.165) is 29.5 Å². The fraction of sp³-hybridized carbons (Fsp3) is 0.550. The Morgan fingerprint density at radius 3 is 2.23 bits per heavy atom. The summed E-state index contributed by atoms with van der Waals surface area (Å²) in [5.74, 6) is 0.489. The first-order valence-electron chi connectivity index (χ1n) is 9.31. The zero-order valence-electron chi connectivity index (χ0n) is 15.9. The van der Waals surface area contributed by atoms with Crippen LogP contribution in [-0.4, -0.2) is 49.7 Å². The molecule has 6 heteroatoms. The van der Waals surface area contributed by atoms with Gasteiger partial charge in [0.2, 0.25) is 15.9 Å². The summed E-state index contributed by atoms with van der Waals surface area (Å²) >= 11 is 0. The van der Waals surface area contributed by atoms with Gasteiger partial charge in [0.15, 0.2) is 0 Å². The summed E-state index contributed by atoms with van der Waals surface area (Å²) in [4.78, 5) is 14.7. The summed E-state index contributed by atoms with van der Waals surface area (Å²) in [6.07, 6.45) is 6.90. The number of benzene rings is 1. The first kappa shape index (κ1) is 19.1. The average molecular weight is 377 g/mol. The summed E-state index contributed by atoms with van der Waals surface area (Å²) in [5.41, 5.74) is 2.64. The van der Waals surface area contributed by atoms with Gasteiger partial charge >= 0.3 is 0 Å². The SMILES string of the molecule is Cc1cc(C)c(S(=O)(=O)N2CCN(C(=O)C[C@H]3C=CCC3)CC2)c(C)c1. The molecule has 1 atom stereocenters. The quantitative estimate of drug-likeness (QED) is 0.759. The maximum absolute atomic E-state index is 13.1. The zero-order chi connectivity index (χ0) is 18.9. The van der Waals surface area contributed by atoms with Gasteiger partial charge in [-0.2, -0.15) is 4.31 Å². The van der Waals surface area contributed by atoms with Crippen molar-refractivity contribution in [3.63, 3.8) is 0 Å². The van der Waals surface area contributed by atoms with E-state index in [1.165, 1.54) is 4.31 Å². The topological polar surface area (TPSA) is 57.7 Å². The fourth-order valence-corrected chi connectivity index (χ4v) is 5.93. The smallest absolute Gasteiger partial charge is 0.243 e. The second-order valence-electron chi connectivity index (χ2n) is 7.48. The Bertz CT molecular complexity index is 798. The minimum atomic E-state index is -3.53. The first-order chi connectivity index (χ1) is 12.3. The average Bonchev–Trinajstić information content (AvgIpc) is 3.06. The molecule has 26 heavy (non-hydrogen) atoms. The molecule has 1 fully saturated rings. The minimum Gasteiger partial charge on any atom is -0.340 e. The van der Waals surface area contributed by atoms with Crippen LogP contribution in [-0.2, 0) is 14.8 Å². The predicted molar refractivity (Wildman–Crippen MR) is 102 cm³/mol. The van der Waals surface area contributed by atoms with Crippen LogP contribution in [0.4, 0.5) is 0 Å².